The molecule has 0 aromatic heterocycles. The van der Waals surface area contributed by atoms with E-state index in [1.54, 1.807) is 26.0 Å². The lowest BCUT2D eigenvalue weighted by atomic mass is 9.82. The third kappa shape index (κ3) is 1.88. The lowest BCUT2D eigenvalue weighted by Crippen LogP contribution is -2.35. The first-order chi connectivity index (χ1) is 7.45. The first-order valence-electron chi connectivity index (χ1n) is 4.76. The van der Waals surface area contributed by atoms with Gasteiger partial charge >= 0.3 is 0 Å². The Kier molecular flexibility index (Phi) is 3.27. The highest BCUT2D eigenvalue weighted by molar-refractivity contribution is 5.88. The van der Waals surface area contributed by atoms with Gasteiger partial charge in [0, 0.05) is 5.56 Å². The molecule has 0 saturated carbocycles. The van der Waals surface area contributed by atoms with Gasteiger partial charge in [-0.05, 0) is 31.2 Å². The maximum absolute atomic E-state index is 11.4. The SMILES string of the molecule is COc1cccc(N=O)c1C(C)(C)C(N)=O. The third-order valence-corrected chi connectivity index (χ3v) is 2.56. The first kappa shape index (κ1) is 12.2. The molecule has 1 amide bonds. The van der Waals surface area contributed by atoms with E-state index in [2.05, 4.69) is 5.18 Å². The number of amides is 1. The Balaban J connectivity index is 3.51. The summed E-state index contributed by atoms with van der Waals surface area (Å²) in [4.78, 5) is 22.1. The van der Waals surface area contributed by atoms with Crippen LogP contribution >= 0.6 is 0 Å². The number of nitroso groups, excluding NO2 is 1. The Morgan fingerprint density at radius 1 is 1.44 bits per heavy atom. The lowest BCUT2D eigenvalue weighted by Gasteiger charge is -2.24. The molecule has 0 fully saturated rings. The van der Waals surface area contributed by atoms with Gasteiger partial charge < -0.3 is 10.5 Å². The molecule has 0 bridgehead atoms. The summed E-state index contributed by atoms with van der Waals surface area (Å²) in [5.74, 6) is -0.109. The zero-order valence-corrected chi connectivity index (χ0v) is 9.48. The zero-order chi connectivity index (χ0) is 12.3. The molecular formula is C11H14N2O3. The standard InChI is InChI=1S/C11H14N2O3/c1-11(2,10(12)14)9-7(13-15)5-4-6-8(9)16-3/h4-6H,1-3H3,(H2,12,14). The minimum absolute atomic E-state index is 0.170. The van der Waals surface area contributed by atoms with E-state index in [9.17, 15) is 9.70 Å². The van der Waals surface area contributed by atoms with Gasteiger partial charge in [0.2, 0.25) is 5.91 Å². The van der Waals surface area contributed by atoms with E-state index >= 15 is 0 Å². The molecule has 16 heavy (non-hydrogen) atoms. The van der Waals surface area contributed by atoms with Crippen LogP contribution in [0.2, 0.25) is 0 Å². The predicted octanol–water partition coefficient (Wildman–Crippen LogP) is 1.86. The highest BCUT2D eigenvalue weighted by Gasteiger charge is 2.33. The van der Waals surface area contributed by atoms with Crippen molar-refractivity contribution in [3.05, 3.63) is 28.7 Å². The maximum atomic E-state index is 11.4. The average Bonchev–Trinajstić information content (AvgIpc) is 2.27. The third-order valence-electron chi connectivity index (χ3n) is 2.56. The summed E-state index contributed by atoms with van der Waals surface area (Å²) in [6, 6.07) is 4.82. The van der Waals surface area contributed by atoms with Crippen molar-refractivity contribution in [3.63, 3.8) is 0 Å². The molecule has 1 rings (SSSR count). The molecule has 0 unspecified atom stereocenters. The number of nitrogens with zero attached hydrogens (tertiary/aromatic N) is 1. The van der Waals surface area contributed by atoms with Crippen molar-refractivity contribution in [1.29, 1.82) is 0 Å². The van der Waals surface area contributed by atoms with Crippen LogP contribution in [0.4, 0.5) is 5.69 Å². The fraction of sp³-hybridized carbons (Fsp3) is 0.364. The number of nitrogens with two attached hydrogens (primary N) is 1. The number of benzene rings is 1. The molecule has 0 heterocycles. The minimum Gasteiger partial charge on any atom is -0.496 e. The fourth-order valence-electron chi connectivity index (χ4n) is 1.52. The average molecular weight is 222 g/mol. The van der Waals surface area contributed by atoms with E-state index in [-0.39, 0.29) is 5.69 Å². The number of methoxy groups -OCH3 is 1. The van der Waals surface area contributed by atoms with Crippen LogP contribution in [0.15, 0.2) is 23.4 Å². The molecule has 2 N–H and O–H groups in total. The molecule has 1 aromatic carbocycles. The van der Waals surface area contributed by atoms with Crippen LogP contribution in [0.5, 0.6) is 5.75 Å². The number of ether oxygens (including phenoxy) is 1. The Morgan fingerprint density at radius 2 is 2.06 bits per heavy atom. The minimum atomic E-state index is -1.00. The lowest BCUT2D eigenvalue weighted by molar-refractivity contribution is -0.122. The van der Waals surface area contributed by atoms with Gasteiger partial charge in [-0.3, -0.25) is 4.79 Å². The quantitative estimate of drug-likeness (QED) is 0.789. The van der Waals surface area contributed by atoms with E-state index < -0.39 is 11.3 Å². The van der Waals surface area contributed by atoms with Crippen molar-refractivity contribution >= 4 is 11.6 Å². The van der Waals surface area contributed by atoms with Crippen LogP contribution in [0.1, 0.15) is 19.4 Å². The number of hydrogen-bond acceptors (Lipinski definition) is 4. The van der Waals surface area contributed by atoms with Crippen LogP contribution in [-0.2, 0) is 10.2 Å². The molecule has 5 heteroatoms. The molecule has 1 aromatic rings. The highest BCUT2D eigenvalue weighted by Crippen LogP contribution is 2.38. The van der Waals surface area contributed by atoms with Crippen molar-refractivity contribution in [2.75, 3.05) is 7.11 Å². The van der Waals surface area contributed by atoms with E-state index in [1.165, 1.54) is 13.2 Å². The summed E-state index contributed by atoms with van der Waals surface area (Å²) >= 11 is 0. The highest BCUT2D eigenvalue weighted by atomic mass is 16.5. The second-order valence-corrected chi connectivity index (χ2v) is 3.93. The van der Waals surface area contributed by atoms with E-state index in [0.29, 0.717) is 11.3 Å². The van der Waals surface area contributed by atoms with Crippen molar-refractivity contribution in [2.24, 2.45) is 10.9 Å². The van der Waals surface area contributed by atoms with Crippen molar-refractivity contribution in [1.82, 2.24) is 0 Å². The van der Waals surface area contributed by atoms with Gasteiger partial charge in [-0.25, -0.2) is 0 Å². The number of rotatable bonds is 4. The number of carbonyl (C=O) groups is 1. The summed E-state index contributed by atoms with van der Waals surface area (Å²) in [5.41, 5.74) is 4.89. The Labute approximate surface area is 93.6 Å². The summed E-state index contributed by atoms with van der Waals surface area (Å²) in [6.07, 6.45) is 0. The van der Waals surface area contributed by atoms with Gasteiger partial charge in [-0.15, -0.1) is 4.91 Å². The van der Waals surface area contributed by atoms with Gasteiger partial charge in [0.05, 0.1) is 12.5 Å². The largest absolute Gasteiger partial charge is 0.496 e. The van der Waals surface area contributed by atoms with E-state index in [1.807, 2.05) is 0 Å². The molecule has 0 saturated heterocycles. The number of hydrogen-bond donors (Lipinski definition) is 1. The zero-order valence-electron chi connectivity index (χ0n) is 9.48. The van der Waals surface area contributed by atoms with Gasteiger partial charge in [-0.2, -0.15) is 0 Å². The van der Waals surface area contributed by atoms with E-state index in [0.717, 1.165) is 0 Å². The van der Waals surface area contributed by atoms with Crippen molar-refractivity contribution in [3.8, 4) is 5.75 Å². The molecule has 5 nitrogen and oxygen atoms in total. The van der Waals surface area contributed by atoms with E-state index in [4.69, 9.17) is 10.5 Å². The Bertz CT molecular complexity index is 427. The monoisotopic (exact) mass is 222 g/mol. The summed E-state index contributed by atoms with van der Waals surface area (Å²) < 4.78 is 5.12. The number of primary amides is 1. The molecular weight excluding hydrogens is 208 g/mol. The van der Waals surface area contributed by atoms with Crippen LogP contribution in [0, 0.1) is 4.91 Å². The van der Waals surface area contributed by atoms with Gasteiger partial charge in [0.25, 0.3) is 0 Å². The molecule has 0 aliphatic carbocycles. The fourth-order valence-corrected chi connectivity index (χ4v) is 1.52. The van der Waals surface area contributed by atoms with Crippen LogP contribution in [-0.4, -0.2) is 13.0 Å². The van der Waals surface area contributed by atoms with Crippen molar-refractivity contribution < 1.29 is 9.53 Å². The Hall–Kier alpha value is -1.91. The normalized spacial score (nSPS) is 10.9. The van der Waals surface area contributed by atoms with Crippen LogP contribution in [0.3, 0.4) is 0 Å². The second-order valence-electron chi connectivity index (χ2n) is 3.93. The number of carbonyl (C=O) groups excluding carboxylic acids is 1. The topological polar surface area (TPSA) is 81.8 Å². The molecule has 0 spiro atoms. The first-order valence-corrected chi connectivity index (χ1v) is 4.76. The smallest absolute Gasteiger partial charge is 0.227 e. The second kappa shape index (κ2) is 4.30. The van der Waals surface area contributed by atoms with Gasteiger partial charge in [0.15, 0.2) is 0 Å². The predicted molar refractivity (Wildman–Crippen MR) is 60.7 cm³/mol. The molecule has 0 radical (unpaired) electrons. The summed E-state index contributed by atoms with van der Waals surface area (Å²) in [5, 5.41) is 2.89. The summed E-state index contributed by atoms with van der Waals surface area (Å²) in [7, 11) is 1.46. The van der Waals surface area contributed by atoms with Gasteiger partial charge in [0.1, 0.15) is 11.4 Å². The molecule has 86 valence electrons. The summed E-state index contributed by atoms with van der Waals surface area (Å²) in [6.45, 7) is 3.25. The molecule has 0 atom stereocenters. The van der Waals surface area contributed by atoms with Gasteiger partial charge in [-0.1, -0.05) is 6.07 Å². The van der Waals surface area contributed by atoms with Crippen LogP contribution < -0.4 is 10.5 Å². The molecule has 0 aliphatic heterocycles. The van der Waals surface area contributed by atoms with Crippen LogP contribution in [0.25, 0.3) is 0 Å². The molecule has 0 aliphatic rings. The maximum Gasteiger partial charge on any atom is 0.227 e. The van der Waals surface area contributed by atoms with Crippen molar-refractivity contribution in [2.45, 2.75) is 19.3 Å². The Morgan fingerprint density at radius 3 is 2.50 bits per heavy atom.